The van der Waals surface area contributed by atoms with Crippen LogP contribution in [0, 0.1) is 17.2 Å². The molecule has 228 valence electrons. The number of piperazine rings is 1. The minimum Gasteiger partial charge on any atom is -0.477 e. The predicted molar refractivity (Wildman–Crippen MR) is 150 cm³/mol. The molecule has 0 spiro atoms. The van der Waals surface area contributed by atoms with Gasteiger partial charge in [-0.1, -0.05) is 11.6 Å². The fraction of sp³-hybridized carbons (Fsp3) is 0.552. The second kappa shape index (κ2) is 9.67. The Morgan fingerprint density at radius 2 is 2.00 bits per heavy atom. The van der Waals surface area contributed by atoms with Gasteiger partial charge in [-0.3, -0.25) is 0 Å². The third-order valence-corrected chi connectivity index (χ3v) is 9.86. The number of fused-ring (bicyclic) bond motifs is 7. The average Bonchev–Trinajstić information content (AvgIpc) is 3.33. The van der Waals surface area contributed by atoms with Crippen molar-refractivity contribution in [3.05, 3.63) is 28.5 Å². The molecular weight excluding hydrogens is 592 g/mol. The summed E-state index contributed by atoms with van der Waals surface area (Å²) in [4.78, 5) is 15.7. The van der Waals surface area contributed by atoms with Gasteiger partial charge < -0.3 is 30.2 Å². The summed E-state index contributed by atoms with van der Waals surface area (Å²) in [7, 11) is 0. The zero-order valence-corrected chi connectivity index (χ0v) is 23.8. The molecule has 1 saturated carbocycles. The number of nitrogens with zero attached hydrogens (tertiary/aromatic N) is 4. The Labute approximate surface area is 249 Å². The van der Waals surface area contributed by atoms with Gasteiger partial charge in [0.2, 0.25) is 5.88 Å². The van der Waals surface area contributed by atoms with Crippen LogP contribution in [0.2, 0.25) is 5.02 Å². The van der Waals surface area contributed by atoms with E-state index < -0.39 is 33.8 Å². The highest BCUT2D eigenvalue weighted by Crippen LogP contribution is 2.50. The molecule has 2 aromatic heterocycles. The van der Waals surface area contributed by atoms with Crippen LogP contribution < -0.4 is 25.4 Å². The molecule has 5 fully saturated rings. The molecule has 1 aliphatic carbocycles. The van der Waals surface area contributed by atoms with E-state index in [-0.39, 0.29) is 65.2 Å². The average molecular weight is 621 g/mol. The number of anilines is 2. The van der Waals surface area contributed by atoms with Crippen LogP contribution in [0.25, 0.3) is 22.2 Å². The van der Waals surface area contributed by atoms with E-state index in [2.05, 4.69) is 20.2 Å². The lowest BCUT2D eigenvalue weighted by atomic mass is 9.61. The van der Waals surface area contributed by atoms with Gasteiger partial charge in [-0.15, -0.1) is 0 Å². The molecule has 0 unspecified atom stereocenters. The molecule has 0 amide bonds. The number of nitrogens with one attached hydrogen (secondary N) is 1. The minimum atomic E-state index is -4.91. The van der Waals surface area contributed by atoms with Gasteiger partial charge in [0.05, 0.1) is 30.4 Å². The second-order valence-electron chi connectivity index (χ2n) is 12.5. The Morgan fingerprint density at radius 1 is 1.16 bits per heavy atom. The van der Waals surface area contributed by atoms with E-state index in [0.29, 0.717) is 31.3 Å². The molecule has 9 nitrogen and oxygen atoms in total. The molecule has 4 saturated heterocycles. The topological polar surface area (TPSA) is 108 Å². The van der Waals surface area contributed by atoms with Gasteiger partial charge in [0.25, 0.3) is 0 Å². The molecule has 5 aliphatic heterocycles. The molecule has 0 radical (unpaired) electrons. The van der Waals surface area contributed by atoms with Gasteiger partial charge in [-0.05, 0) is 43.7 Å². The first-order valence-electron chi connectivity index (χ1n) is 14.5. The first-order valence-corrected chi connectivity index (χ1v) is 14.9. The van der Waals surface area contributed by atoms with Crippen molar-refractivity contribution < 1.29 is 31.8 Å². The van der Waals surface area contributed by atoms with Crippen molar-refractivity contribution in [2.45, 2.75) is 56.4 Å². The number of benzene rings is 1. The summed E-state index contributed by atoms with van der Waals surface area (Å²) in [5, 5.41) is 3.19. The highest BCUT2D eigenvalue weighted by molar-refractivity contribution is 6.32. The molecule has 1 aromatic carbocycles. The quantitative estimate of drug-likeness (QED) is 0.308. The zero-order chi connectivity index (χ0) is 29.7. The predicted octanol–water partition coefficient (Wildman–Crippen LogP) is 4.98. The van der Waals surface area contributed by atoms with Crippen LogP contribution in [-0.4, -0.2) is 66.0 Å². The Balaban J connectivity index is 1.32. The van der Waals surface area contributed by atoms with Crippen LogP contribution in [0.5, 0.6) is 11.9 Å². The Hall–Kier alpha value is -3.16. The molecule has 3 aromatic rings. The number of ether oxygens (including phenoxy) is 3. The molecule has 3 atom stereocenters. The fourth-order valence-corrected chi connectivity index (χ4v) is 8.08. The Kier molecular flexibility index (Phi) is 6.16. The van der Waals surface area contributed by atoms with Crippen molar-refractivity contribution in [2.75, 3.05) is 43.6 Å². The number of aromatic nitrogens is 3. The minimum absolute atomic E-state index is 0.0166. The monoisotopic (exact) mass is 620 g/mol. The number of nitrogens with two attached hydrogens (primary N) is 1. The highest BCUT2D eigenvalue weighted by atomic mass is 35.5. The van der Waals surface area contributed by atoms with Gasteiger partial charge in [0.15, 0.2) is 5.82 Å². The molecule has 4 bridgehead atoms. The Bertz CT molecular complexity index is 1630. The van der Waals surface area contributed by atoms with E-state index in [9.17, 15) is 13.2 Å². The van der Waals surface area contributed by atoms with Gasteiger partial charge >= 0.3 is 12.2 Å². The zero-order valence-electron chi connectivity index (χ0n) is 23.0. The molecule has 6 aliphatic rings. The number of nitrogen functional groups attached to an aromatic ring is 1. The largest absolute Gasteiger partial charge is 0.477 e. The standard InChI is InChI=1S/C29H29ClF4N6O3/c30-17-6-14(35)5-16(21(17)29(32,33)34)23-22(31)24-20-25(39-27(38-24)43-12-28-7-13(8-28)10-41-11-28)40-9-15-1-2-18(36-15)19(40)3-4-42-26(20)37-23/h5-6,13,15,18-19,36H,1-4,7-12,35H2/t13?,15-,18+,19-,28?/m1/s1. The first-order chi connectivity index (χ1) is 20.6. The summed E-state index contributed by atoms with van der Waals surface area (Å²) in [6.07, 6.45) is -0.382. The summed E-state index contributed by atoms with van der Waals surface area (Å²) in [6.45, 7) is 2.43. The van der Waals surface area contributed by atoms with Crippen molar-refractivity contribution in [1.29, 1.82) is 0 Å². The maximum Gasteiger partial charge on any atom is 0.418 e. The van der Waals surface area contributed by atoms with Crippen LogP contribution in [0.4, 0.5) is 29.1 Å². The van der Waals surface area contributed by atoms with Gasteiger partial charge in [-0.25, -0.2) is 9.37 Å². The lowest BCUT2D eigenvalue weighted by Gasteiger charge is -2.51. The van der Waals surface area contributed by atoms with E-state index in [1.807, 2.05) is 0 Å². The number of hydrogen-bond acceptors (Lipinski definition) is 9. The SMILES string of the molecule is Nc1cc(Cl)c(C(F)(F)F)c(-c2nc3c4c(nc(OCC56COCC(C5)C6)nc4c2F)N2C[C@H]4CC[C@H](N4)[C@H]2CCO3)c1. The summed E-state index contributed by atoms with van der Waals surface area (Å²) in [6, 6.07) is 2.38. The molecule has 43 heavy (non-hydrogen) atoms. The molecule has 3 N–H and O–H groups in total. The number of rotatable bonds is 4. The van der Waals surface area contributed by atoms with Gasteiger partial charge in [-0.2, -0.15) is 23.1 Å². The van der Waals surface area contributed by atoms with E-state index in [4.69, 9.17) is 36.5 Å². The maximum atomic E-state index is 16.6. The van der Waals surface area contributed by atoms with Crippen molar-refractivity contribution in [1.82, 2.24) is 20.3 Å². The van der Waals surface area contributed by atoms with Crippen LogP contribution >= 0.6 is 11.6 Å². The van der Waals surface area contributed by atoms with E-state index in [0.717, 1.165) is 44.4 Å². The van der Waals surface area contributed by atoms with E-state index in [1.54, 1.807) is 0 Å². The fourth-order valence-electron chi connectivity index (χ4n) is 7.75. The maximum absolute atomic E-state index is 16.6. The number of halogens is 5. The van der Waals surface area contributed by atoms with Crippen molar-refractivity contribution in [3.63, 3.8) is 0 Å². The second-order valence-corrected chi connectivity index (χ2v) is 12.9. The highest BCUT2D eigenvalue weighted by Gasteiger charge is 2.49. The molecular formula is C29H29ClF4N6O3. The number of alkyl halides is 3. The summed E-state index contributed by atoms with van der Waals surface area (Å²) >= 11 is 6.01. The van der Waals surface area contributed by atoms with Crippen LogP contribution in [0.1, 0.15) is 37.7 Å². The normalized spacial score (nSPS) is 29.4. The van der Waals surface area contributed by atoms with Crippen molar-refractivity contribution >= 4 is 34.0 Å². The summed E-state index contributed by atoms with van der Waals surface area (Å²) in [5.74, 6) is -0.216. The number of pyridine rings is 1. The van der Waals surface area contributed by atoms with E-state index >= 15 is 4.39 Å². The van der Waals surface area contributed by atoms with Crippen LogP contribution in [-0.2, 0) is 10.9 Å². The lowest BCUT2D eigenvalue weighted by Crippen LogP contribution is -2.59. The Morgan fingerprint density at radius 3 is 2.77 bits per heavy atom. The lowest BCUT2D eigenvalue weighted by molar-refractivity contribution is -0.147. The molecule has 7 heterocycles. The van der Waals surface area contributed by atoms with Crippen LogP contribution in [0.3, 0.4) is 0 Å². The van der Waals surface area contributed by atoms with Gasteiger partial charge in [0, 0.05) is 54.4 Å². The smallest absolute Gasteiger partial charge is 0.418 e. The third kappa shape index (κ3) is 4.45. The molecule has 14 heteroatoms. The third-order valence-electron chi connectivity index (χ3n) is 9.56. The summed E-state index contributed by atoms with van der Waals surface area (Å²) in [5.41, 5.74) is 2.96. The van der Waals surface area contributed by atoms with Crippen molar-refractivity contribution in [3.8, 4) is 23.1 Å². The van der Waals surface area contributed by atoms with Crippen molar-refractivity contribution in [2.24, 2.45) is 11.3 Å². The molecule has 9 rings (SSSR count). The first kappa shape index (κ1) is 27.4. The number of hydrogen-bond donors (Lipinski definition) is 2. The van der Waals surface area contributed by atoms with Gasteiger partial charge in [0.1, 0.15) is 22.4 Å². The summed E-state index contributed by atoms with van der Waals surface area (Å²) < 4.78 is 77.2. The van der Waals surface area contributed by atoms with E-state index in [1.165, 1.54) is 0 Å². The van der Waals surface area contributed by atoms with Crippen LogP contribution in [0.15, 0.2) is 12.1 Å².